The third-order valence-electron chi connectivity index (χ3n) is 0.843. The molecule has 0 spiro atoms. The van der Waals surface area contributed by atoms with E-state index in [1.54, 1.807) is 0 Å². The lowest BCUT2D eigenvalue weighted by atomic mass is 10.1. The monoisotopic (exact) mass is 133 g/mol. The van der Waals surface area contributed by atoms with Gasteiger partial charge in [-0.05, 0) is 19.3 Å². The van der Waals surface area contributed by atoms with Crippen LogP contribution in [0.15, 0.2) is 0 Å². The Kier molecular flexibility index (Phi) is 10.4. The number of rotatable bonds is 2. The highest BCUT2D eigenvalue weighted by molar-refractivity contribution is 4.54. The van der Waals surface area contributed by atoms with Crippen molar-refractivity contribution in [3.8, 4) is 0 Å². The van der Waals surface area contributed by atoms with Crippen LogP contribution in [0.25, 0.3) is 0 Å². The van der Waals surface area contributed by atoms with Gasteiger partial charge in [0.05, 0.1) is 0 Å². The first-order chi connectivity index (χ1) is 4.13. The fourth-order valence-electron chi connectivity index (χ4n) is 0.744. The fourth-order valence-corrected chi connectivity index (χ4v) is 0.744. The highest BCUT2D eigenvalue weighted by Crippen LogP contribution is 2.00. The Morgan fingerprint density at radius 3 is 1.56 bits per heavy atom. The molecule has 0 saturated heterocycles. The van der Waals surface area contributed by atoms with Crippen LogP contribution >= 0.6 is 0 Å². The van der Waals surface area contributed by atoms with E-state index >= 15 is 0 Å². The number of nitrogens with two attached hydrogens (primary N) is 1. The van der Waals surface area contributed by atoms with E-state index in [0.29, 0.717) is 6.04 Å². The topological polar surface area (TPSA) is 26.0 Å². The van der Waals surface area contributed by atoms with Gasteiger partial charge in [0.25, 0.3) is 0 Å². The van der Waals surface area contributed by atoms with Crippen molar-refractivity contribution >= 4 is 0 Å². The van der Waals surface area contributed by atoms with Crippen LogP contribution in [0.5, 0.6) is 0 Å². The van der Waals surface area contributed by atoms with Crippen molar-refractivity contribution in [2.24, 2.45) is 11.7 Å². The van der Waals surface area contributed by atoms with Gasteiger partial charge < -0.3 is 5.73 Å². The molecule has 0 rings (SSSR count). The zero-order valence-corrected chi connectivity index (χ0v) is 7.44. The fraction of sp³-hybridized carbons (Fsp3) is 1.00. The van der Waals surface area contributed by atoms with Crippen LogP contribution in [0.1, 0.15) is 42.5 Å². The minimum atomic E-state index is 0. The van der Waals surface area contributed by atoms with Gasteiger partial charge in [0.15, 0.2) is 0 Å². The van der Waals surface area contributed by atoms with E-state index in [2.05, 4.69) is 13.8 Å². The third-order valence-corrected chi connectivity index (χ3v) is 0.843. The van der Waals surface area contributed by atoms with Gasteiger partial charge in [-0.15, -0.1) is 0 Å². The first-order valence-corrected chi connectivity index (χ1v) is 3.88. The predicted molar refractivity (Wildman–Crippen MR) is 46.6 cm³/mol. The summed E-state index contributed by atoms with van der Waals surface area (Å²) in [5.74, 6) is 0.750. The quantitative estimate of drug-likeness (QED) is 0.615. The van der Waals surface area contributed by atoms with Crippen LogP contribution in [0.4, 0.5) is 0 Å². The molecular weight excluding hydrogens is 110 g/mol. The summed E-state index contributed by atoms with van der Waals surface area (Å²) in [6.45, 7) is 10.4. The molecular formula is C8H23N. The Morgan fingerprint density at radius 2 is 1.56 bits per heavy atom. The maximum Gasteiger partial charge on any atom is 0.00129 e. The average Bonchev–Trinajstić information content (AvgIpc) is 1.68. The van der Waals surface area contributed by atoms with Crippen molar-refractivity contribution in [3.05, 3.63) is 0 Å². The molecule has 0 amide bonds. The zero-order valence-electron chi connectivity index (χ0n) is 7.44. The summed E-state index contributed by atoms with van der Waals surface area (Å²) < 4.78 is 0. The van der Waals surface area contributed by atoms with Gasteiger partial charge in [-0.2, -0.15) is 0 Å². The molecule has 9 heavy (non-hydrogen) atoms. The highest BCUT2D eigenvalue weighted by atomic mass is 14.6. The van der Waals surface area contributed by atoms with E-state index in [9.17, 15) is 0 Å². The average molecular weight is 133 g/mol. The van der Waals surface area contributed by atoms with Gasteiger partial charge in [-0.3, -0.25) is 0 Å². The molecule has 0 aromatic carbocycles. The van der Waals surface area contributed by atoms with Crippen molar-refractivity contribution in [3.63, 3.8) is 0 Å². The lowest BCUT2D eigenvalue weighted by molar-refractivity contribution is 0.520. The van der Waals surface area contributed by atoms with Crippen LogP contribution in [-0.4, -0.2) is 6.04 Å². The summed E-state index contributed by atoms with van der Waals surface area (Å²) in [6.07, 6.45) is 1.14. The third kappa shape index (κ3) is 18.0. The molecule has 0 aliphatic heterocycles. The molecule has 0 bridgehead atoms. The zero-order chi connectivity index (χ0) is 7.86. The van der Waals surface area contributed by atoms with Crippen LogP contribution in [0, 0.1) is 5.92 Å². The van der Waals surface area contributed by atoms with E-state index in [4.69, 9.17) is 5.73 Å². The molecule has 0 aromatic heterocycles. The van der Waals surface area contributed by atoms with Crippen LogP contribution in [-0.2, 0) is 0 Å². The Hall–Kier alpha value is -0.0400. The Morgan fingerprint density at radius 1 is 1.22 bits per heavy atom. The van der Waals surface area contributed by atoms with Crippen molar-refractivity contribution in [1.82, 2.24) is 0 Å². The second-order valence-electron chi connectivity index (χ2n) is 2.61. The van der Waals surface area contributed by atoms with E-state index < -0.39 is 0 Å². The molecule has 0 radical (unpaired) electrons. The van der Waals surface area contributed by atoms with Crippen LogP contribution in [0.3, 0.4) is 0 Å². The molecule has 0 heterocycles. The van der Waals surface area contributed by atoms with Crippen molar-refractivity contribution in [2.45, 2.75) is 47.1 Å². The summed E-state index contributed by atoms with van der Waals surface area (Å²) in [4.78, 5) is 0. The van der Waals surface area contributed by atoms with E-state index in [1.807, 2.05) is 20.8 Å². The summed E-state index contributed by atoms with van der Waals surface area (Å²) >= 11 is 0. The summed E-state index contributed by atoms with van der Waals surface area (Å²) in [5.41, 5.74) is 5.49. The molecule has 60 valence electrons. The van der Waals surface area contributed by atoms with Gasteiger partial charge in [-0.25, -0.2) is 0 Å². The predicted octanol–water partition coefficient (Wildman–Crippen LogP) is 2.65. The van der Waals surface area contributed by atoms with Crippen LogP contribution < -0.4 is 5.73 Å². The maximum absolute atomic E-state index is 5.49. The smallest absolute Gasteiger partial charge is 0.00129 e. The maximum atomic E-state index is 5.49. The molecule has 1 heteroatoms. The van der Waals surface area contributed by atoms with Gasteiger partial charge >= 0.3 is 0 Å². The van der Waals surface area contributed by atoms with Gasteiger partial charge in [0, 0.05) is 7.47 Å². The lowest BCUT2D eigenvalue weighted by Crippen LogP contribution is -2.16. The van der Waals surface area contributed by atoms with E-state index in [-0.39, 0.29) is 1.43 Å². The molecule has 0 aliphatic rings. The standard InChI is InChI=1S/C6H15N.C2H6.H2/c1-5(2)4-6(3)7;1-2;/h5-6H,4,7H2,1-3H3;1-2H3;1H. The molecule has 1 nitrogen and oxygen atoms in total. The molecule has 0 saturated carbocycles. The minimum absolute atomic E-state index is 0. The normalized spacial score (nSPS) is 12.3. The summed E-state index contributed by atoms with van der Waals surface area (Å²) in [5, 5.41) is 0. The minimum Gasteiger partial charge on any atom is -0.328 e. The molecule has 1 atom stereocenters. The molecule has 0 aromatic rings. The first-order valence-electron chi connectivity index (χ1n) is 3.88. The van der Waals surface area contributed by atoms with E-state index in [1.165, 1.54) is 0 Å². The Bertz CT molecular complexity index is 38.5. The van der Waals surface area contributed by atoms with Crippen LogP contribution in [0.2, 0.25) is 0 Å². The lowest BCUT2D eigenvalue weighted by Gasteiger charge is -2.05. The summed E-state index contributed by atoms with van der Waals surface area (Å²) in [7, 11) is 0. The summed E-state index contributed by atoms with van der Waals surface area (Å²) in [6, 6.07) is 0.375. The molecule has 2 N–H and O–H groups in total. The van der Waals surface area contributed by atoms with Crippen molar-refractivity contribution < 1.29 is 1.43 Å². The number of hydrogen-bond acceptors (Lipinski definition) is 1. The Balaban J connectivity index is -0.000000149. The Labute approximate surface area is 61.1 Å². The largest absolute Gasteiger partial charge is 0.328 e. The van der Waals surface area contributed by atoms with Gasteiger partial charge in [-0.1, -0.05) is 27.7 Å². The van der Waals surface area contributed by atoms with E-state index in [0.717, 1.165) is 12.3 Å². The second-order valence-corrected chi connectivity index (χ2v) is 2.61. The SMILES string of the molecule is CC.CC(C)CC(C)N.[HH]. The highest BCUT2D eigenvalue weighted by Gasteiger charge is 1.95. The molecule has 0 fully saturated rings. The van der Waals surface area contributed by atoms with Crippen molar-refractivity contribution in [1.29, 1.82) is 0 Å². The first kappa shape index (κ1) is 11.7. The number of hydrogen-bond donors (Lipinski definition) is 1. The second kappa shape index (κ2) is 7.96. The molecule has 0 aliphatic carbocycles. The van der Waals surface area contributed by atoms with Gasteiger partial charge in [0.1, 0.15) is 0 Å². The van der Waals surface area contributed by atoms with Crippen molar-refractivity contribution in [2.75, 3.05) is 0 Å². The molecule has 1 unspecified atom stereocenters. The van der Waals surface area contributed by atoms with Gasteiger partial charge in [0.2, 0.25) is 0 Å².